The fraction of sp³-hybridized carbons (Fsp3) is 0.696. The Kier molecular flexibility index (Phi) is 9.16. The van der Waals surface area contributed by atoms with Crippen molar-refractivity contribution in [2.45, 2.75) is 96.2 Å². The normalized spacial score (nSPS) is 15.2. The first-order valence-electron chi connectivity index (χ1n) is 10.6. The zero-order chi connectivity index (χ0) is 21.6. The van der Waals surface area contributed by atoms with Gasteiger partial charge in [0.2, 0.25) is 0 Å². The van der Waals surface area contributed by atoms with Crippen LogP contribution in [0.5, 0.6) is 0 Å². The Morgan fingerprint density at radius 2 is 1.64 bits per heavy atom. The van der Waals surface area contributed by atoms with Gasteiger partial charge in [0.05, 0.1) is 15.2 Å². The molecule has 0 unspecified atom stereocenters. The molecule has 5 heteroatoms. The van der Waals surface area contributed by atoms with Crippen LogP contribution in [0.4, 0.5) is 0 Å². The third-order valence-electron chi connectivity index (χ3n) is 6.60. The maximum Gasteiger partial charge on any atom is 0.305 e. The van der Waals surface area contributed by atoms with E-state index in [1.165, 1.54) is 12.3 Å². The standard InChI is InChI=1S/C23H42O3Si2/c1-10-14-19(26-28(8,9)23(2,3)4)17-21(18-22(24)25-5)27(6,7)20-15-12-11-13-16-20/h11-13,15-16,19,21H,10,14,17-18H2,1-9H3/t19-,21-/m0/s1. The van der Waals surface area contributed by atoms with Crippen molar-refractivity contribution in [1.29, 1.82) is 0 Å². The molecule has 0 fully saturated rings. The van der Waals surface area contributed by atoms with Crippen molar-refractivity contribution in [3.05, 3.63) is 30.3 Å². The van der Waals surface area contributed by atoms with E-state index in [0.29, 0.717) is 12.0 Å². The lowest BCUT2D eigenvalue weighted by Crippen LogP contribution is -2.49. The summed E-state index contributed by atoms with van der Waals surface area (Å²) in [5.41, 5.74) is 0.295. The Labute approximate surface area is 175 Å². The van der Waals surface area contributed by atoms with Gasteiger partial charge in [0.25, 0.3) is 0 Å². The van der Waals surface area contributed by atoms with Crippen LogP contribution in [0.1, 0.15) is 53.4 Å². The van der Waals surface area contributed by atoms with Gasteiger partial charge < -0.3 is 9.16 Å². The Hall–Kier alpha value is -0.916. The lowest BCUT2D eigenvalue weighted by molar-refractivity contribution is -0.140. The summed E-state index contributed by atoms with van der Waals surface area (Å²) in [6.07, 6.45) is 3.76. The van der Waals surface area contributed by atoms with E-state index in [-0.39, 0.29) is 17.1 Å². The van der Waals surface area contributed by atoms with Gasteiger partial charge in [0.1, 0.15) is 0 Å². The van der Waals surface area contributed by atoms with Crippen molar-refractivity contribution in [1.82, 2.24) is 0 Å². The molecule has 0 spiro atoms. The minimum atomic E-state index is -1.87. The second kappa shape index (κ2) is 10.2. The molecule has 0 aliphatic carbocycles. The van der Waals surface area contributed by atoms with Crippen molar-refractivity contribution >= 4 is 27.5 Å². The van der Waals surface area contributed by atoms with E-state index < -0.39 is 16.4 Å². The molecule has 28 heavy (non-hydrogen) atoms. The highest BCUT2D eigenvalue weighted by atomic mass is 28.4. The van der Waals surface area contributed by atoms with E-state index in [4.69, 9.17) is 9.16 Å². The van der Waals surface area contributed by atoms with E-state index in [1.807, 2.05) is 0 Å². The summed E-state index contributed by atoms with van der Waals surface area (Å²) >= 11 is 0. The van der Waals surface area contributed by atoms with Gasteiger partial charge in [-0.1, -0.05) is 82.7 Å². The lowest BCUT2D eigenvalue weighted by Gasteiger charge is -2.42. The second-order valence-corrected chi connectivity index (χ2v) is 19.7. The van der Waals surface area contributed by atoms with Crippen molar-refractivity contribution in [3.8, 4) is 0 Å². The van der Waals surface area contributed by atoms with E-state index in [9.17, 15) is 4.79 Å². The van der Waals surface area contributed by atoms with Crippen LogP contribution in [0.2, 0.25) is 36.8 Å². The van der Waals surface area contributed by atoms with Crippen molar-refractivity contribution in [2.75, 3.05) is 7.11 Å². The summed E-state index contributed by atoms with van der Waals surface area (Å²) in [7, 11) is -2.23. The molecule has 0 aliphatic heterocycles. The van der Waals surface area contributed by atoms with Crippen LogP contribution in [0.25, 0.3) is 0 Å². The molecular formula is C23H42O3Si2. The molecule has 0 saturated heterocycles. The van der Waals surface area contributed by atoms with Gasteiger partial charge in [-0.3, -0.25) is 4.79 Å². The Morgan fingerprint density at radius 3 is 2.11 bits per heavy atom. The van der Waals surface area contributed by atoms with E-state index in [0.717, 1.165) is 19.3 Å². The minimum absolute atomic E-state index is 0.107. The summed E-state index contributed by atoms with van der Waals surface area (Å²) in [6.45, 7) is 18.5. The fourth-order valence-electron chi connectivity index (χ4n) is 3.48. The van der Waals surface area contributed by atoms with Gasteiger partial charge in [0, 0.05) is 12.5 Å². The Balaban J connectivity index is 3.16. The maximum atomic E-state index is 12.3. The number of esters is 1. The molecule has 0 radical (unpaired) electrons. The summed E-state index contributed by atoms with van der Waals surface area (Å²) in [5, 5.41) is 1.58. The van der Waals surface area contributed by atoms with Gasteiger partial charge in [-0.2, -0.15) is 0 Å². The first kappa shape index (κ1) is 25.1. The molecule has 0 heterocycles. The van der Waals surface area contributed by atoms with E-state index in [1.54, 1.807) is 0 Å². The first-order chi connectivity index (χ1) is 12.8. The van der Waals surface area contributed by atoms with Crippen LogP contribution in [0, 0.1) is 0 Å². The molecule has 0 bridgehead atoms. The van der Waals surface area contributed by atoms with Crippen molar-refractivity contribution in [2.24, 2.45) is 0 Å². The molecule has 0 amide bonds. The number of ether oxygens (including phenoxy) is 1. The number of benzene rings is 1. The molecule has 2 atom stereocenters. The molecule has 0 saturated carbocycles. The number of carbonyl (C=O) groups is 1. The molecule has 1 rings (SSSR count). The average Bonchev–Trinajstić information content (AvgIpc) is 2.60. The smallest absolute Gasteiger partial charge is 0.305 e. The van der Waals surface area contributed by atoms with Crippen LogP contribution in [-0.4, -0.2) is 35.6 Å². The van der Waals surface area contributed by atoms with Crippen molar-refractivity contribution in [3.63, 3.8) is 0 Å². The number of hydrogen-bond donors (Lipinski definition) is 0. The number of rotatable bonds is 10. The number of carbonyl (C=O) groups excluding carboxylic acids is 1. The van der Waals surface area contributed by atoms with Crippen LogP contribution < -0.4 is 5.19 Å². The zero-order valence-corrected chi connectivity index (χ0v) is 21.6. The highest BCUT2D eigenvalue weighted by Gasteiger charge is 2.42. The quantitative estimate of drug-likeness (QED) is 0.337. The van der Waals surface area contributed by atoms with Gasteiger partial charge in [-0.15, -0.1) is 0 Å². The lowest BCUT2D eigenvalue weighted by atomic mass is 10.1. The molecule has 0 aromatic heterocycles. The topological polar surface area (TPSA) is 35.5 Å². The molecular weight excluding hydrogens is 380 g/mol. The number of hydrogen-bond acceptors (Lipinski definition) is 3. The van der Waals surface area contributed by atoms with E-state index >= 15 is 0 Å². The van der Waals surface area contributed by atoms with Crippen LogP contribution >= 0.6 is 0 Å². The fourth-order valence-corrected chi connectivity index (χ4v) is 7.93. The minimum Gasteiger partial charge on any atom is -0.469 e. The molecule has 0 N–H and O–H groups in total. The molecule has 1 aromatic rings. The third-order valence-corrected chi connectivity index (χ3v) is 15.4. The third kappa shape index (κ3) is 6.85. The summed E-state index contributed by atoms with van der Waals surface area (Å²) < 4.78 is 11.9. The molecule has 1 aromatic carbocycles. The Morgan fingerprint density at radius 1 is 1.07 bits per heavy atom. The monoisotopic (exact) mass is 422 g/mol. The highest BCUT2D eigenvalue weighted by molar-refractivity contribution is 6.91. The van der Waals surface area contributed by atoms with E-state index in [2.05, 4.69) is 84.2 Å². The predicted octanol–water partition coefficient (Wildman–Crippen LogP) is 6.12. The van der Waals surface area contributed by atoms with Gasteiger partial charge in [-0.05, 0) is 36.5 Å². The molecule has 3 nitrogen and oxygen atoms in total. The second-order valence-electron chi connectivity index (χ2n) is 10.1. The average molecular weight is 423 g/mol. The highest BCUT2D eigenvalue weighted by Crippen LogP contribution is 2.40. The van der Waals surface area contributed by atoms with Crippen LogP contribution in [-0.2, 0) is 14.0 Å². The van der Waals surface area contributed by atoms with Crippen LogP contribution in [0.15, 0.2) is 30.3 Å². The summed E-state index contributed by atoms with van der Waals surface area (Å²) in [5.74, 6) is -0.107. The zero-order valence-electron chi connectivity index (χ0n) is 19.6. The summed E-state index contributed by atoms with van der Waals surface area (Å²) in [6, 6.07) is 10.7. The maximum absolute atomic E-state index is 12.3. The van der Waals surface area contributed by atoms with Crippen molar-refractivity contribution < 1.29 is 14.0 Å². The molecule has 160 valence electrons. The largest absolute Gasteiger partial charge is 0.469 e. The predicted molar refractivity (Wildman–Crippen MR) is 126 cm³/mol. The van der Waals surface area contributed by atoms with Gasteiger partial charge >= 0.3 is 5.97 Å². The SMILES string of the molecule is CCC[C@@H](C[C@@H](CC(=O)OC)[Si](C)(C)c1ccccc1)O[Si](C)(C)C(C)(C)C. The first-order valence-corrected chi connectivity index (χ1v) is 16.6. The Bertz CT molecular complexity index is 606. The van der Waals surface area contributed by atoms with Gasteiger partial charge in [-0.25, -0.2) is 0 Å². The van der Waals surface area contributed by atoms with Crippen LogP contribution in [0.3, 0.4) is 0 Å². The molecule has 0 aliphatic rings. The summed E-state index contributed by atoms with van der Waals surface area (Å²) in [4.78, 5) is 12.3. The number of methoxy groups -OCH3 is 1. The van der Waals surface area contributed by atoms with Gasteiger partial charge in [0.15, 0.2) is 8.32 Å².